The molecular formula is C18H26BrClN2O2. The van der Waals surface area contributed by atoms with Gasteiger partial charge < -0.3 is 15.8 Å². The van der Waals surface area contributed by atoms with E-state index in [-0.39, 0.29) is 23.7 Å². The van der Waals surface area contributed by atoms with Crippen LogP contribution in [0.15, 0.2) is 28.7 Å². The lowest BCUT2D eigenvalue weighted by atomic mass is 9.74. The highest BCUT2D eigenvalue weighted by atomic mass is 79.9. The van der Waals surface area contributed by atoms with E-state index in [1.807, 2.05) is 0 Å². The molecule has 1 aliphatic heterocycles. The van der Waals surface area contributed by atoms with Gasteiger partial charge in [0.1, 0.15) is 0 Å². The number of ether oxygens (including phenoxy) is 1. The molecule has 1 aromatic rings. The quantitative estimate of drug-likeness (QED) is 0.790. The number of nitrogens with two attached hydrogens (primary N) is 1. The minimum atomic E-state index is -0.661. The van der Waals surface area contributed by atoms with Gasteiger partial charge in [-0.1, -0.05) is 40.9 Å². The number of carbonyl (C=O) groups excluding carboxylic acids is 1. The van der Waals surface area contributed by atoms with Crippen molar-refractivity contribution >= 4 is 34.2 Å². The van der Waals surface area contributed by atoms with E-state index in [1.54, 1.807) is 0 Å². The zero-order chi connectivity index (χ0) is 16.3. The van der Waals surface area contributed by atoms with Crippen LogP contribution >= 0.6 is 28.3 Å². The second-order valence-electron chi connectivity index (χ2n) is 6.95. The van der Waals surface area contributed by atoms with Crippen LogP contribution in [-0.2, 0) is 14.9 Å². The third kappa shape index (κ3) is 4.13. The van der Waals surface area contributed by atoms with Crippen molar-refractivity contribution in [2.24, 2.45) is 5.73 Å². The lowest BCUT2D eigenvalue weighted by molar-refractivity contribution is -0.126. The largest absolute Gasteiger partial charge is 0.381 e. The maximum absolute atomic E-state index is 12.6. The van der Waals surface area contributed by atoms with E-state index in [0.29, 0.717) is 6.54 Å². The first-order valence-electron chi connectivity index (χ1n) is 8.45. The van der Waals surface area contributed by atoms with E-state index in [2.05, 4.69) is 45.5 Å². The van der Waals surface area contributed by atoms with Gasteiger partial charge in [-0.3, -0.25) is 4.79 Å². The number of amides is 1. The predicted octanol–water partition coefficient (Wildman–Crippen LogP) is 3.31. The van der Waals surface area contributed by atoms with Gasteiger partial charge in [0.25, 0.3) is 0 Å². The Labute approximate surface area is 158 Å². The summed E-state index contributed by atoms with van der Waals surface area (Å²) in [7, 11) is 0. The molecule has 4 nitrogen and oxygen atoms in total. The Bertz CT molecular complexity index is 553. The Balaban J connectivity index is 0.00000208. The first-order valence-corrected chi connectivity index (χ1v) is 9.24. The lowest BCUT2D eigenvalue weighted by Crippen LogP contribution is -2.55. The molecule has 0 spiro atoms. The predicted molar refractivity (Wildman–Crippen MR) is 102 cm³/mol. The van der Waals surface area contributed by atoms with Gasteiger partial charge in [0.05, 0.1) is 5.54 Å². The SMILES string of the molecule is Cl.NC1(C(=O)NCC2(c3ccc(Br)cc3)CCOCC2)CCCC1. The Morgan fingerprint density at radius 1 is 1.12 bits per heavy atom. The summed E-state index contributed by atoms with van der Waals surface area (Å²) in [5.41, 5.74) is 6.83. The zero-order valence-corrected chi connectivity index (χ0v) is 16.3. The van der Waals surface area contributed by atoms with Crippen molar-refractivity contribution in [1.29, 1.82) is 0 Å². The van der Waals surface area contributed by atoms with Gasteiger partial charge in [0.2, 0.25) is 5.91 Å². The number of benzene rings is 1. The summed E-state index contributed by atoms with van der Waals surface area (Å²) < 4.78 is 6.62. The van der Waals surface area contributed by atoms with Crippen molar-refractivity contribution in [3.63, 3.8) is 0 Å². The highest BCUT2D eigenvalue weighted by Crippen LogP contribution is 2.35. The fraction of sp³-hybridized carbons (Fsp3) is 0.611. The molecule has 2 aliphatic rings. The minimum Gasteiger partial charge on any atom is -0.381 e. The molecule has 1 heterocycles. The Morgan fingerprint density at radius 2 is 1.71 bits per heavy atom. The second-order valence-corrected chi connectivity index (χ2v) is 7.86. The fourth-order valence-electron chi connectivity index (χ4n) is 3.79. The van der Waals surface area contributed by atoms with Crippen molar-refractivity contribution < 1.29 is 9.53 Å². The van der Waals surface area contributed by atoms with Crippen molar-refractivity contribution in [3.05, 3.63) is 34.3 Å². The molecule has 0 bridgehead atoms. The Hall–Kier alpha value is -0.620. The van der Waals surface area contributed by atoms with E-state index in [1.165, 1.54) is 5.56 Å². The summed E-state index contributed by atoms with van der Waals surface area (Å²) in [5, 5.41) is 3.16. The van der Waals surface area contributed by atoms with Gasteiger partial charge in [0, 0.05) is 29.6 Å². The van der Waals surface area contributed by atoms with Crippen LogP contribution in [0.3, 0.4) is 0 Å². The maximum Gasteiger partial charge on any atom is 0.240 e. The maximum atomic E-state index is 12.6. The number of hydrogen-bond donors (Lipinski definition) is 2. The van der Waals surface area contributed by atoms with Gasteiger partial charge >= 0.3 is 0 Å². The van der Waals surface area contributed by atoms with E-state index in [0.717, 1.165) is 56.2 Å². The molecule has 2 fully saturated rings. The summed E-state index contributed by atoms with van der Waals surface area (Å²) in [6, 6.07) is 8.43. The highest BCUT2D eigenvalue weighted by Gasteiger charge is 2.40. The highest BCUT2D eigenvalue weighted by molar-refractivity contribution is 9.10. The molecule has 3 N–H and O–H groups in total. The molecule has 1 saturated carbocycles. The Kier molecular flexibility index (Phi) is 6.71. The Morgan fingerprint density at radius 3 is 2.29 bits per heavy atom. The van der Waals surface area contributed by atoms with E-state index >= 15 is 0 Å². The van der Waals surface area contributed by atoms with Crippen LogP contribution < -0.4 is 11.1 Å². The topological polar surface area (TPSA) is 64.4 Å². The van der Waals surface area contributed by atoms with Crippen LogP contribution in [0.4, 0.5) is 0 Å². The van der Waals surface area contributed by atoms with Crippen LogP contribution in [0.1, 0.15) is 44.1 Å². The smallest absolute Gasteiger partial charge is 0.240 e. The van der Waals surface area contributed by atoms with Gasteiger partial charge in [-0.05, 0) is 43.4 Å². The average Bonchev–Trinajstić information content (AvgIpc) is 3.02. The van der Waals surface area contributed by atoms with Crippen LogP contribution in [0, 0.1) is 0 Å². The molecule has 0 radical (unpaired) electrons. The molecule has 1 aliphatic carbocycles. The van der Waals surface area contributed by atoms with Crippen LogP contribution in [0.2, 0.25) is 0 Å². The van der Waals surface area contributed by atoms with E-state index < -0.39 is 5.54 Å². The molecule has 1 aromatic carbocycles. The van der Waals surface area contributed by atoms with Crippen LogP contribution in [0.25, 0.3) is 0 Å². The molecule has 1 saturated heterocycles. The van der Waals surface area contributed by atoms with Crippen LogP contribution in [-0.4, -0.2) is 31.2 Å². The molecule has 3 rings (SSSR count). The lowest BCUT2D eigenvalue weighted by Gasteiger charge is -2.38. The number of hydrogen-bond acceptors (Lipinski definition) is 3. The normalized spacial score (nSPS) is 21.8. The van der Waals surface area contributed by atoms with Gasteiger partial charge in [-0.25, -0.2) is 0 Å². The first kappa shape index (κ1) is 19.7. The average molecular weight is 418 g/mol. The molecule has 0 atom stereocenters. The molecular weight excluding hydrogens is 392 g/mol. The summed E-state index contributed by atoms with van der Waals surface area (Å²) >= 11 is 3.49. The van der Waals surface area contributed by atoms with E-state index in [9.17, 15) is 4.79 Å². The van der Waals surface area contributed by atoms with Crippen LogP contribution in [0.5, 0.6) is 0 Å². The molecule has 1 amide bonds. The summed E-state index contributed by atoms with van der Waals surface area (Å²) in [6.07, 6.45) is 5.55. The minimum absolute atomic E-state index is 0. The first-order chi connectivity index (χ1) is 11.0. The molecule has 0 aromatic heterocycles. The third-order valence-corrected chi connectivity index (χ3v) is 5.97. The van der Waals surface area contributed by atoms with Crippen molar-refractivity contribution in [2.75, 3.05) is 19.8 Å². The molecule has 134 valence electrons. The summed E-state index contributed by atoms with van der Waals surface area (Å²) in [5.74, 6) is 0.0120. The van der Waals surface area contributed by atoms with Gasteiger partial charge in [0.15, 0.2) is 0 Å². The number of halogens is 2. The van der Waals surface area contributed by atoms with Crippen molar-refractivity contribution in [3.8, 4) is 0 Å². The fourth-order valence-corrected chi connectivity index (χ4v) is 4.06. The van der Waals surface area contributed by atoms with Crippen molar-refractivity contribution in [1.82, 2.24) is 5.32 Å². The van der Waals surface area contributed by atoms with E-state index in [4.69, 9.17) is 10.5 Å². The number of carbonyl (C=O) groups is 1. The number of rotatable bonds is 4. The number of nitrogens with one attached hydrogen (secondary N) is 1. The monoisotopic (exact) mass is 416 g/mol. The molecule has 24 heavy (non-hydrogen) atoms. The van der Waals surface area contributed by atoms with Crippen molar-refractivity contribution in [2.45, 2.75) is 49.5 Å². The summed E-state index contributed by atoms with van der Waals surface area (Å²) in [4.78, 5) is 12.6. The molecule has 0 unspecified atom stereocenters. The van der Waals surface area contributed by atoms with Gasteiger partial charge in [-0.15, -0.1) is 12.4 Å². The standard InChI is InChI=1S/C18H25BrN2O2.ClH/c19-15-5-3-14(4-6-15)17(9-11-23-12-10-17)13-21-16(22)18(20)7-1-2-8-18;/h3-6H,1-2,7-13,20H2,(H,21,22);1H. The zero-order valence-electron chi connectivity index (χ0n) is 13.9. The molecule has 6 heteroatoms. The van der Waals surface area contributed by atoms with Gasteiger partial charge in [-0.2, -0.15) is 0 Å². The second kappa shape index (κ2) is 8.17. The third-order valence-electron chi connectivity index (χ3n) is 5.44. The summed E-state index contributed by atoms with van der Waals surface area (Å²) in [6.45, 7) is 2.11.